The van der Waals surface area contributed by atoms with Crippen LogP contribution in [0.25, 0.3) is 33.4 Å². The number of nitriles is 3. The summed E-state index contributed by atoms with van der Waals surface area (Å²) in [5, 5.41) is 27.4. The summed E-state index contributed by atoms with van der Waals surface area (Å²) in [6, 6.07) is 66.7. The van der Waals surface area contributed by atoms with Crippen LogP contribution in [-0.4, -0.2) is 77.8 Å². The van der Waals surface area contributed by atoms with Crippen LogP contribution in [-0.2, 0) is 12.3 Å². The van der Waals surface area contributed by atoms with E-state index in [1.54, 1.807) is 0 Å². The van der Waals surface area contributed by atoms with E-state index in [0.29, 0.717) is 16.7 Å². The highest BCUT2D eigenvalue weighted by molar-refractivity contribution is 6.90. The molecule has 0 aliphatic carbocycles. The first-order valence-electron chi connectivity index (χ1n) is 42.0. The summed E-state index contributed by atoms with van der Waals surface area (Å²) in [7, 11) is -12.8. The van der Waals surface area contributed by atoms with Crippen LogP contribution in [0.15, 0.2) is 146 Å². The van der Waals surface area contributed by atoms with Crippen LogP contribution in [0.5, 0.6) is 17.2 Å². The molecule has 0 atom stereocenters. The lowest BCUT2D eigenvalue weighted by Crippen LogP contribution is -2.48. The van der Waals surface area contributed by atoms with Gasteiger partial charge >= 0.3 is 0 Å². The Morgan fingerprint density at radius 1 is 0.206 bits per heavy atom. The Morgan fingerprint density at radius 2 is 0.374 bits per heavy atom. The van der Waals surface area contributed by atoms with Gasteiger partial charge in [0.15, 0.2) is 49.9 Å². The van der Waals surface area contributed by atoms with Crippen molar-refractivity contribution < 1.29 is 26.6 Å². The standard InChI is InChI=1S/C91H141N3O6Si7/c1-101(2,68-38-32-26-20-14-17-23-29-35-65-95-89-59-53-86(54-60-89)83-47-41-80(77-92)42-48-83)98-104(7,8)71-74-107(13,75-72-105(9,10)99-102(3,4)69-39-33-27-21-15-18-24-30-36-66-96-90-61-55-87(56-62-90)84-49-43-81(78-93)44-50-84)76-73-106(11,12)100-103(5,6)70-40-34-28-22-16-19-25-31-37-67-97-91-63-57-88(58-64-91)85-51-45-82(79-94)46-52-85/h41-64H,14-40,65-76H2,1-13H3. The van der Waals surface area contributed by atoms with E-state index >= 15 is 0 Å². The van der Waals surface area contributed by atoms with Crippen molar-refractivity contribution in [3.8, 4) is 68.8 Å². The predicted octanol–water partition coefficient (Wildman–Crippen LogP) is 28.7. The Morgan fingerprint density at radius 3 is 0.570 bits per heavy atom. The summed E-state index contributed by atoms with van der Waals surface area (Å²) in [4.78, 5) is 0. The predicted molar refractivity (Wildman–Crippen MR) is 474 cm³/mol. The average Bonchev–Trinajstić information content (AvgIpc) is 0.811. The highest BCUT2D eigenvalue weighted by atomic mass is 28.4. The van der Waals surface area contributed by atoms with Crippen molar-refractivity contribution >= 4 is 58.0 Å². The Bertz CT molecular complexity index is 3170. The number of ether oxygens (including phenoxy) is 3. The second-order valence-corrected chi connectivity index (χ2v) is 66.8. The molecule has 0 aromatic heterocycles. The quantitative estimate of drug-likeness (QED) is 0.0271. The molecule has 0 radical (unpaired) electrons. The van der Waals surface area contributed by atoms with Gasteiger partial charge in [-0.25, -0.2) is 0 Å². The van der Waals surface area contributed by atoms with Crippen LogP contribution < -0.4 is 14.2 Å². The molecule has 16 heteroatoms. The summed E-state index contributed by atoms with van der Waals surface area (Å²) in [5.41, 5.74) is 8.80. The van der Waals surface area contributed by atoms with E-state index in [1.807, 2.05) is 72.8 Å². The van der Waals surface area contributed by atoms with E-state index in [-0.39, 0.29) is 0 Å². The van der Waals surface area contributed by atoms with Gasteiger partial charge in [-0.1, -0.05) is 252 Å². The maximum absolute atomic E-state index is 9.12. The van der Waals surface area contributed by atoms with E-state index in [9.17, 15) is 0 Å². The lowest BCUT2D eigenvalue weighted by atomic mass is 10.0. The Kier molecular flexibility index (Phi) is 40.3. The second kappa shape index (κ2) is 47.7. The zero-order chi connectivity index (χ0) is 77.3. The molecule has 6 aromatic rings. The molecule has 0 amide bonds. The molecule has 0 aliphatic heterocycles. The highest BCUT2D eigenvalue weighted by Gasteiger charge is 2.41. The number of hydrogen-bond donors (Lipinski definition) is 0. The Hall–Kier alpha value is -5.41. The van der Waals surface area contributed by atoms with Gasteiger partial charge in [-0.3, -0.25) is 0 Å². The van der Waals surface area contributed by atoms with Crippen LogP contribution in [0.4, 0.5) is 0 Å². The molecule has 584 valence electrons. The van der Waals surface area contributed by atoms with Gasteiger partial charge in [-0.15, -0.1) is 0 Å². The third-order valence-electron chi connectivity index (χ3n) is 21.8. The summed E-state index contributed by atoms with van der Waals surface area (Å²) in [6.07, 6.45) is 34.7. The molecular weight excluding hydrogens is 1430 g/mol. The van der Waals surface area contributed by atoms with Crippen molar-refractivity contribution in [3.05, 3.63) is 162 Å². The van der Waals surface area contributed by atoms with E-state index in [4.69, 9.17) is 42.3 Å². The topological polar surface area (TPSA) is 127 Å². The van der Waals surface area contributed by atoms with E-state index in [0.717, 1.165) is 89.7 Å². The lowest BCUT2D eigenvalue weighted by Gasteiger charge is -2.40. The zero-order valence-corrected chi connectivity index (χ0v) is 76.2. The molecule has 107 heavy (non-hydrogen) atoms. The van der Waals surface area contributed by atoms with Gasteiger partial charge in [0, 0.05) is 8.07 Å². The van der Waals surface area contributed by atoms with Crippen molar-refractivity contribution in [2.24, 2.45) is 0 Å². The minimum atomic E-state index is -1.90. The molecule has 9 nitrogen and oxygen atoms in total. The molecule has 6 aromatic carbocycles. The minimum Gasteiger partial charge on any atom is -0.494 e. The maximum atomic E-state index is 9.12. The van der Waals surface area contributed by atoms with Crippen molar-refractivity contribution in [3.63, 3.8) is 0 Å². The van der Waals surface area contributed by atoms with E-state index < -0.39 is 58.0 Å². The van der Waals surface area contributed by atoms with Gasteiger partial charge in [0.1, 0.15) is 17.2 Å². The molecule has 0 fully saturated rings. The summed E-state index contributed by atoms with van der Waals surface area (Å²) >= 11 is 0. The molecule has 0 heterocycles. The molecule has 6 rings (SSSR count). The van der Waals surface area contributed by atoms with Crippen molar-refractivity contribution in [2.75, 3.05) is 19.8 Å². The molecular formula is C91H141N3O6Si7. The fourth-order valence-electron chi connectivity index (χ4n) is 15.4. The fourth-order valence-corrected chi connectivity index (χ4v) is 54.3. The molecule has 0 aliphatic rings. The van der Waals surface area contributed by atoms with Crippen molar-refractivity contribution in [1.82, 2.24) is 0 Å². The highest BCUT2D eigenvalue weighted by Crippen LogP contribution is 2.39. The van der Waals surface area contributed by atoms with Crippen molar-refractivity contribution in [2.45, 2.75) is 313 Å². The van der Waals surface area contributed by atoms with Gasteiger partial charge in [-0.05, 0) is 240 Å². The van der Waals surface area contributed by atoms with Crippen LogP contribution >= 0.6 is 0 Å². The monoisotopic (exact) mass is 1570 g/mol. The van der Waals surface area contributed by atoms with Crippen LogP contribution in [0, 0.1) is 34.0 Å². The largest absolute Gasteiger partial charge is 0.494 e. The third-order valence-corrected chi connectivity index (χ3v) is 50.0. The first-order valence-corrected chi connectivity index (χ1v) is 63.8. The molecule has 0 spiro atoms. The average molecular weight is 1570 g/mol. The number of unbranched alkanes of at least 4 members (excludes halogenated alkanes) is 24. The second-order valence-electron chi connectivity index (χ2n) is 35.2. The van der Waals surface area contributed by atoms with Gasteiger partial charge in [0.05, 0.1) is 54.7 Å². The van der Waals surface area contributed by atoms with Crippen LogP contribution in [0.1, 0.15) is 190 Å². The van der Waals surface area contributed by atoms with Gasteiger partial charge in [0.2, 0.25) is 0 Å². The number of rotatable bonds is 57. The van der Waals surface area contributed by atoms with E-state index in [2.05, 4.69) is 176 Å². The number of hydrogen-bond acceptors (Lipinski definition) is 9. The van der Waals surface area contributed by atoms with Gasteiger partial charge in [0.25, 0.3) is 0 Å². The molecule has 0 N–H and O–H groups in total. The molecule has 0 saturated heterocycles. The van der Waals surface area contributed by atoms with Crippen LogP contribution in [0.2, 0.25) is 140 Å². The van der Waals surface area contributed by atoms with E-state index in [1.165, 1.54) is 208 Å². The maximum Gasteiger partial charge on any atom is 0.173 e. The SMILES string of the molecule is C[Si](CC[Si](C)(C)O[Si](C)(C)CCCCCCCCCCCOc1ccc(-c2ccc(C#N)cc2)cc1)(CC[Si](C)(C)O[Si](C)(C)CCCCCCCCCCCOc1ccc(-c2ccc(C#N)cc2)cc1)CC[Si](C)(C)O[Si](C)(C)CCCCCCCCCCCOc1ccc(-c2ccc(C#N)cc2)cc1. The number of nitrogens with zero attached hydrogens (tertiary/aromatic N) is 3. The molecule has 0 saturated carbocycles. The Labute approximate surface area is 659 Å². The summed E-state index contributed by atoms with van der Waals surface area (Å²) in [5.74, 6) is 2.77. The normalized spacial score (nSPS) is 12.4. The fraction of sp³-hybridized carbons (Fsp3) is 0.571. The van der Waals surface area contributed by atoms with Crippen LogP contribution in [0.3, 0.4) is 0 Å². The smallest absolute Gasteiger partial charge is 0.173 e. The Balaban J connectivity index is 0.866. The van der Waals surface area contributed by atoms with Crippen molar-refractivity contribution in [1.29, 1.82) is 15.8 Å². The summed E-state index contributed by atoms with van der Waals surface area (Å²) < 4.78 is 40.7. The zero-order valence-electron chi connectivity index (χ0n) is 69.2. The minimum absolute atomic E-state index is 0.683. The number of benzene rings is 6. The third kappa shape index (κ3) is 38.4. The summed E-state index contributed by atoms with van der Waals surface area (Å²) in [6.45, 7) is 35.6. The first kappa shape index (κ1) is 90.5. The first-order chi connectivity index (χ1) is 51.2. The lowest BCUT2D eigenvalue weighted by molar-refractivity contribution is 0.304. The van der Waals surface area contributed by atoms with Gasteiger partial charge in [-0.2, -0.15) is 15.8 Å². The van der Waals surface area contributed by atoms with Gasteiger partial charge < -0.3 is 26.6 Å². The molecule has 0 bridgehead atoms. The molecule has 0 unspecified atom stereocenters.